The molecule has 0 bridgehead atoms. The average molecular weight is 241 g/mol. The van der Waals surface area contributed by atoms with Crippen molar-refractivity contribution in [2.75, 3.05) is 7.11 Å². The Kier molecular flexibility index (Phi) is 4.20. The van der Waals surface area contributed by atoms with E-state index in [0.717, 1.165) is 11.1 Å². The second-order valence-corrected chi connectivity index (χ2v) is 4.03. The Morgan fingerprint density at radius 3 is 2.61 bits per heavy atom. The second-order valence-electron chi connectivity index (χ2n) is 4.03. The first kappa shape index (κ1) is 12.5. The number of benzene rings is 1. The number of rotatable bonds is 5. The van der Waals surface area contributed by atoms with Crippen molar-refractivity contribution in [3.63, 3.8) is 0 Å². The van der Waals surface area contributed by atoms with Crippen LogP contribution in [0, 0.1) is 0 Å². The summed E-state index contributed by atoms with van der Waals surface area (Å²) in [5.74, 6) is 0.0386. The molecule has 0 aliphatic carbocycles. The van der Waals surface area contributed by atoms with Crippen molar-refractivity contribution < 1.29 is 9.53 Å². The number of hydrogen-bond acceptors (Lipinski definition) is 3. The summed E-state index contributed by atoms with van der Waals surface area (Å²) in [4.78, 5) is 16.2. The molecule has 3 nitrogen and oxygen atoms in total. The van der Waals surface area contributed by atoms with Gasteiger partial charge in [-0.15, -0.1) is 0 Å². The van der Waals surface area contributed by atoms with E-state index in [1.54, 1.807) is 19.5 Å². The van der Waals surface area contributed by atoms with Gasteiger partial charge < -0.3 is 4.74 Å². The molecule has 0 aliphatic rings. The molecule has 2 rings (SSSR count). The maximum Gasteiger partial charge on any atom is 0.170 e. The van der Waals surface area contributed by atoms with Crippen LogP contribution in [0.2, 0.25) is 0 Å². The lowest BCUT2D eigenvalue weighted by Gasteiger charge is -2.14. The Balaban J connectivity index is 2.12. The van der Waals surface area contributed by atoms with Crippen LogP contribution in [0.25, 0.3) is 0 Å². The van der Waals surface area contributed by atoms with Crippen LogP contribution in [0.15, 0.2) is 54.9 Å². The van der Waals surface area contributed by atoms with E-state index < -0.39 is 6.10 Å². The van der Waals surface area contributed by atoms with Crippen molar-refractivity contribution in [2.24, 2.45) is 0 Å². The highest BCUT2D eigenvalue weighted by molar-refractivity contribution is 5.86. The highest BCUT2D eigenvalue weighted by Crippen LogP contribution is 2.19. The van der Waals surface area contributed by atoms with Crippen LogP contribution in [0.3, 0.4) is 0 Å². The monoisotopic (exact) mass is 241 g/mol. The van der Waals surface area contributed by atoms with Crippen molar-refractivity contribution >= 4 is 5.78 Å². The minimum Gasteiger partial charge on any atom is -0.369 e. The van der Waals surface area contributed by atoms with Gasteiger partial charge in [0.05, 0.1) is 0 Å². The van der Waals surface area contributed by atoms with Gasteiger partial charge in [0.1, 0.15) is 6.10 Å². The van der Waals surface area contributed by atoms with E-state index in [9.17, 15) is 4.79 Å². The number of carbonyl (C=O) groups excluding carboxylic acids is 1. The molecular formula is C15H15NO2. The number of ketones is 1. The van der Waals surface area contributed by atoms with Crippen molar-refractivity contribution in [3.8, 4) is 0 Å². The zero-order valence-electron chi connectivity index (χ0n) is 10.2. The van der Waals surface area contributed by atoms with Crippen LogP contribution in [0.5, 0.6) is 0 Å². The summed E-state index contributed by atoms with van der Waals surface area (Å²) in [6.45, 7) is 0. The van der Waals surface area contributed by atoms with Gasteiger partial charge in [0, 0.05) is 25.9 Å². The smallest absolute Gasteiger partial charge is 0.170 e. The molecule has 18 heavy (non-hydrogen) atoms. The van der Waals surface area contributed by atoms with Crippen molar-refractivity contribution in [1.82, 2.24) is 4.98 Å². The van der Waals surface area contributed by atoms with Crippen LogP contribution in [0.1, 0.15) is 17.2 Å². The fraction of sp³-hybridized carbons (Fsp3) is 0.200. The first-order chi connectivity index (χ1) is 8.81. The van der Waals surface area contributed by atoms with Crippen LogP contribution < -0.4 is 0 Å². The van der Waals surface area contributed by atoms with Crippen molar-refractivity contribution in [2.45, 2.75) is 12.5 Å². The molecule has 0 amide bonds. The number of methoxy groups -OCH3 is 1. The lowest BCUT2D eigenvalue weighted by molar-refractivity contribution is -0.128. The summed E-state index contributed by atoms with van der Waals surface area (Å²) in [5.41, 5.74) is 1.79. The molecule has 0 saturated heterocycles. The first-order valence-electron chi connectivity index (χ1n) is 5.80. The summed E-state index contributed by atoms with van der Waals surface area (Å²) in [6, 6.07) is 13.2. The fourth-order valence-corrected chi connectivity index (χ4v) is 1.88. The van der Waals surface area contributed by atoms with E-state index in [0.29, 0.717) is 6.42 Å². The summed E-state index contributed by atoms with van der Waals surface area (Å²) in [7, 11) is 1.55. The van der Waals surface area contributed by atoms with Gasteiger partial charge in [0.15, 0.2) is 5.78 Å². The molecule has 0 saturated carbocycles. The van der Waals surface area contributed by atoms with Crippen LogP contribution in [0.4, 0.5) is 0 Å². The Morgan fingerprint density at radius 1 is 1.22 bits per heavy atom. The van der Waals surface area contributed by atoms with Gasteiger partial charge in [-0.25, -0.2) is 0 Å². The molecule has 0 radical (unpaired) electrons. The molecule has 0 aliphatic heterocycles. The van der Waals surface area contributed by atoms with Gasteiger partial charge in [0.25, 0.3) is 0 Å². The standard InChI is InChI=1S/C15H15NO2/c1-18-15(13-7-3-2-4-8-13)14(17)10-12-6-5-9-16-11-12/h2-9,11,15H,10H2,1H3. The Morgan fingerprint density at radius 2 is 2.00 bits per heavy atom. The molecular weight excluding hydrogens is 226 g/mol. The van der Waals surface area contributed by atoms with Crippen LogP contribution in [-0.4, -0.2) is 17.9 Å². The molecule has 3 heteroatoms. The highest BCUT2D eigenvalue weighted by Gasteiger charge is 2.19. The zero-order valence-corrected chi connectivity index (χ0v) is 10.2. The minimum atomic E-state index is -0.508. The number of ether oxygens (including phenoxy) is 1. The number of carbonyl (C=O) groups is 1. The van der Waals surface area contributed by atoms with E-state index in [1.807, 2.05) is 42.5 Å². The predicted molar refractivity (Wildman–Crippen MR) is 69.1 cm³/mol. The SMILES string of the molecule is COC(C(=O)Cc1cccnc1)c1ccccc1. The van der Waals surface area contributed by atoms with Crippen LogP contribution in [-0.2, 0) is 16.0 Å². The largest absolute Gasteiger partial charge is 0.369 e. The van der Waals surface area contributed by atoms with E-state index in [-0.39, 0.29) is 5.78 Å². The summed E-state index contributed by atoms with van der Waals surface area (Å²) < 4.78 is 5.30. The van der Waals surface area contributed by atoms with Gasteiger partial charge >= 0.3 is 0 Å². The maximum atomic E-state index is 12.2. The van der Waals surface area contributed by atoms with Gasteiger partial charge in [0.2, 0.25) is 0 Å². The molecule has 0 spiro atoms. The molecule has 1 aromatic heterocycles. The third-order valence-electron chi connectivity index (χ3n) is 2.73. The van der Waals surface area contributed by atoms with E-state index >= 15 is 0 Å². The van der Waals surface area contributed by atoms with E-state index in [2.05, 4.69) is 4.98 Å². The van der Waals surface area contributed by atoms with Gasteiger partial charge in [-0.1, -0.05) is 36.4 Å². The molecule has 1 heterocycles. The third kappa shape index (κ3) is 3.02. The van der Waals surface area contributed by atoms with Gasteiger partial charge in [-0.3, -0.25) is 9.78 Å². The quantitative estimate of drug-likeness (QED) is 0.807. The topological polar surface area (TPSA) is 39.2 Å². The zero-order chi connectivity index (χ0) is 12.8. The fourth-order valence-electron chi connectivity index (χ4n) is 1.88. The molecule has 92 valence electrons. The molecule has 1 atom stereocenters. The molecule has 0 fully saturated rings. The van der Waals surface area contributed by atoms with Crippen molar-refractivity contribution in [3.05, 3.63) is 66.0 Å². The van der Waals surface area contributed by atoms with Gasteiger partial charge in [-0.05, 0) is 17.2 Å². The normalized spacial score (nSPS) is 12.1. The molecule has 1 aromatic carbocycles. The predicted octanol–water partition coefficient (Wildman–Crippen LogP) is 2.58. The highest BCUT2D eigenvalue weighted by atomic mass is 16.5. The molecule has 2 aromatic rings. The first-order valence-corrected chi connectivity index (χ1v) is 5.80. The van der Waals surface area contributed by atoms with Crippen LogP contribution >= 0.6 is 0 Å². The lowest BCUT2D eigenvalue weighted by Crippen LogP contribution is -2.16. The Labute approximate surface area is 106 Å². The van der Waals surface area contributed by atoms with E-state index in [1.165, 1.54) is 0 Å². The third-order valence-corrected chi connectivity index (χ3v) is 2.73. The second kappa shape index (κ2) is 6.07. The minimum absolute atomic E-state index is 0.0386. The summed E-state index contributed by atoms with van der Waals surface area (Å²) in [6.07, 6.45) is 3.22. The number of Topliss-reactive ketones (excluding diaryl/α,β-unsaturated/α-hetero) is 1. The number of pyridine rings is 1. The average Bonchev–Trinajstić information content (AvgIpc) is 2.42. The van der Waals surface area contributed by atoms with Crippen molar-refractivity contribution in [1.29, 1.82) is 0 Å². The molecule has 1 unspecified atom stereocenters. The lowest BCUT2D eigenvalue weighted by atomic mass is 10.0. The Bertz CT molecular complexity index is 496. The Hall–Kier alpha value is -2.00. The van der Waals surface area contributed by atoms with Gasteiger partial charge in [-0.2, -0.15) is 0 Å². The molecule has 0 N–H and O–H groups in total. The number of hydrogen-bond donors (Lipinski definition) is 0. The number of nitrogens with zero attached hydrogens (tertiary/aromatic N) is 1. The summed E-state index contributed by atoms with van der Waals surface area (Å²) in [5, 5.41) is 0. The van der Waals surface area contributed by atoms with E-state index in [4.69, 9.17) is 4.74 Å². The summed E-state index contributed by atoms with van der Waals surface area (Å²) >= 11 is 0. The maximum absolute atomic E-state index is 12.2. The number of aromatic nitrogens is 1.